The van der Waals surface area contributed by atoms with Crippen LogP contribution in [0.4, 0.5) is 0 Å². The van der Waals surface area contributed by atoms with Crippen molar-refractivity contribution >= 4 is 0 Å². The third-order valence-electron chi connectivity index (χ3n) is 3.39. The fourth-order valence-corrected chi connectivity index (χ4v) is 2.26. The maximum Gasteiger partial charge on any atom is 0.0558 e. The van der Waals surface area contributed by atoms with E-state index in [2.05, 4.69) is 49.1 Å². The van der Waals surface area contributed by atoms with Crippen molar-refractivity contribution in [3.05, 3.63) is 53.9 Å². The summed E-state index contributed by atoms with van der Waals surface area (Å²) < 4.78 is 1.99. The van der Waals surface area contributed by atoms with Gasteiger partial charge in [0, 0.05) is 31.4 Å². The molecule has 114 valence electrons. The summed E-state index contributed by atoms with van der Waals surface area (Å²) in [7, 11) is 0. The van der Waals surface area contributed by atoms with Gasteiger partial charge in [-0.25, -0.2) is 0 Å². The molecule has 0 radical (unpaired) electrons. The molecule has 0 fully saturated rings. The average molecular weight is 287 g/mol. The second kappa shape index (κ2) is 6.87. The highest BCUT2D eigenvalue weighted by atomic mass is 16.3. The third-order valence-corrected chi connectivity index (χ3v) is 3.39. The molecule has 4 nitrogen and oxygen atoms in total. The lowest BCUT2D eigenvalue weighted by Gasteiger charge is -2.21. The largest absolute Gasteiger partial charge is 0.395 e. The Kier molecular flexibility index (Phi) is 5.15. The van der Waals surface area contributed by atoms with Crippen LogP contribution in [0.1, 0.15) is 31.9 Å². The van der Waals surface area contributed by atoms with E-state index in [1.54, 1.807) is 0 Å². The van der Waals surface area contributed by atoms with Crippen molar-refractivity contribution in [2.24, 2.45) is 0 Å². The van der Waals surface area contributed by atoms with E-state index in [0.717, 1.165) is 13.1 Å². The fourth-order valence-electron chi connectivity index (χ4n) is 2.26. The number of hydrogen-bond acceptors (Lipinski definition) is 3. The van der Waals surface area contributed by atoms with Crippen molar-refractivity contribution in [2.75, 3.05) is 13.2 Å². The summed E-state index contributed by atoms with van der Waals surface area (Å²) in [6.07, 6.45) is 4.01. The zero-order valence-corrected chi connectivity index (χ0v) is 13.2. The Labute approximate surface area is 127 Å². The number of nitrogens with zero attached hydrogens (tertiary/aromatic N) is 3. The van der Waals surface area contributed by atoms with Gasteiger partial charge < -0.3 is 5.11 Å². The number of rotatable bonds is 6. The van der Waals surface area contributed by atoms with E-state index in [9.17, 15) is 5.11 Å². The van der Waals surface area contributed by atoms with Crippen LogP contribution in [-0.2, 0) is 18.6 Å². The van der Waals surface area contributed by atoms with Gasteiger partial charge in [-0.3, -0.25) is 9.58 Å². The van der Waals surface area contributed by atoms with Crippen LogP contribution in [0, 0.1) is 0 Å². The summed E-state index contributed by atoms with van der Waals surface area (Å²) in [5.74, 6) is 0. The van der Waals surface area contributed by atoms with Gasteiger partial charge >= 0.3 is 0 Å². The second-order valence-corrected chi connectivity index (χ2v) is 6.38. The highest BCUT2D eigenvalue weighted by Crippen LogP contribution is 2.15. The number of aliphatic hydroxyl groups excluding tert-OH is 1. The molecule has 0 unspecified atom stereocenters. The summed E-state index contributed by atoms with van der Waals surface area (Å²) in [6, 6.07) is 10.3. The molecule has 0 amide bonds. The molecule has 0 aliphatic rings. The smallest absolute Gasteiger partial charge is 0.0558 e. The van der Waals surface area contributed by atoms with Gasteiger partial charge in [-0.05, 0) is 26.3 Å². The average Bonchev–Trinajstić information content (AvgIpc) is 2.89. The minimum Gasteiger partial charge on any atom is -0.395 e. The van der Waals surface area contributed by atoms with Gasteiger partial charge in [0.1, 0.15) is 0 Å². The van der Waals surface area contributed by atoms with E-state index < -0.39 is 0 Å². The minimum absolute atomic E-state index is 0.000507. The predicted octanol–water partition coefficient (Wildman–Crippen LogP) is 2.63. The van der Waals surface area contributed by atoms with Gasteiger partial charge in [-0.1, -0.05) is 30.3 Å². The lowest BCUT2D eigenvalue weighted by atomic mass is 10.1. The summed E-state index contributed by atoms with van der Waals surface area (Å²) in [4.78, 5) is 2.24. The molecule has 1 heterocycles. The maximum absolute atomic E-state index is 9.26. The molecule has 0 aliphatic carbocycles. The van der Waals surface area contributed by atoms with Crippen LogP contribution in [0.25, 0.3) is 0 Å². The van der Waals surface area contributed by atoms with E-state index in [0.29, 0.717) is 6.54 Å². The van der Waals surface area contributed by atoms with Crippen LogP contribution in [0.3, 0.4) is 0 Å². The molecule has 21 heavy (non-hydrogen) atoms. The Morgan fingerprint density at radius 2 is 1.76 bits per heavy atom. The highest BCUT2D eigenvalue weighted by Gasteiger charge is 2.15. The molecule has 2 aromatic rings. The molecule has 4 heteroatoms. The van der Waals surface area contributed by atoms with E-state index in [4.69, 9.17) is 0 Å². The zero-order chi connectivity index (χ0) is 15.3. The van der Waals surface area contributed by atoms with Gasteiger partial charge in [0.25, 0.3) is 0 Å². The van der Waals surface area contributed by atoms with Gasteiger partial charge in [0.2, 0.25) is 0 Å². The lowest BCUT2D eigenvalue weighted by Crippen LogP contribution is -2.26. The first-order valence-corrected chi connectivity index (χ1v) is 7.40. The first kappa shape index (κ1) is 15.7. The van der Waals surface area contributed by atoms with Gasteiger partial charge in [0.15, 0.2) is 0 Å². The van der Waals surface area contributed by atoms with E-state index >= 15 is 0 Å². The molecule has 0 atom stereocenters. The van der Waals surface area contributed by atoms with Gasteiger partial charge in [-0.15, -0.1) is 0 Å². The first-order chi connectivity index (χ1) is 9.99. The number of aromatic nitrogens is 2. The normalized spacial score (nSPS) is 12.0. The van der Waals surface area contributed by atoms with Crippen molar-refractivity contribution in [3.8, 4) is 0 Å². The number of hydrogen-bond donors (Lipinski definition) is 1. The second-order valence-electron chi connectivity index (χ2n) is 6.38. The molecule has 1 N–H and O–H groups in total. The summed E-state index contributed by atoms with van der Waals surface area (Å²) in [6.45, 7) is 8.88. The van der Waals surface area contributed by atoms with Crippen LogP contribution in [-0.4, -0.2) is 32.9 Å². The van der Waals surface area contributed by atoms with Crippen molar-refractivity contribution in [2.45, 2.75) is 39.4 Å². The molecule has 0 spiro atoms. The van der Waals surface area contributed by atoms with Crippen LogP contribution < -0.4 is 0 Å². The molecular formula is C17H25N3O. The van der Waals surface area contributed by atoms with Crippen LogP contribution in [0.2, 0.25) is 0 Å². The van der Waals surface area contributed by atoms with Crippen LogP contribution >= 0.6 is 0 Å². The van der Waals surface area contributed by atoms with Gasteiger partial charge in [-0.2, -0.15) is 5.10 Å². The lowest BCUT2D eigenvalue weighted by molar-refractivity contribution is 0.184. The molecule has 0 aliphatic heterocycles. The van der Waals surface area contributed by atoms with Crippen molar-refractivity contribution in [3.63, 3.8) is 0 Å². The van der Waals surface area contributed by atoms with Crippen molar-refractivity contribution in [1.29, 1.82) is 0 Å². The molecule has 2 rings (SSSR count). The molecule has 0 saturated heterocycles. The van der Waals surface area contributed by atoms with Crippen LogP contribution in [0.15, 0.2) is 42.7 Å². The molecule has 0 saturated carbocycles. The molecule has 1 aromatic carbocycles. The molecule has 1 aromatic heterocycles. The highest BCUT2D eigenvalue weighted by molar-refractivity contribution is 5.15. The van der Waals surface area contributed by atoms with Crippen molar-refractivity contribution < 1.29 is 5.11 Å². The Morgan fingerprint density at radius 3 is 2.33 bits per heavy atom. The predicted molar refractivity (Wildman–Crippen MR) is 84.9 cm³/mol. The number of aliphatic hydroxyl groups is 1. The van der Waals surface area contributed by atoms with Gasteiger partial charge in [0.05, 0.1) is 18.3 Å². The fraction of sp³-hybridized carbons (Fsp3) is 0.471. The summed E-state index contributed by atoms with van der Waals surface area (Å²) in [5, 5.41) is 13.7. The Balaban J connectivity index is 2.04. The van der Waals surface area contributed by atoms with E-state index in [-0.39, 0.29) is 12.1 Å². The summed E-state index contributed by atoms with van der Waals surface area (Å²) in [5.41, 5.74) is 2.43. The Hall–Kier alpha value is -1.65. The molecular weight excluding hydrogens is 262 g/mol. The van der Waals surface area contributed by atoms with E-state index in [1.807, 2.05) is 29.1 Å². The van der Waals surface area contributed by atoms with Crippen molar-refractivity contribution in [1.82, 2.24) is 14.7 Å². The van der Waals surface area contributed by atoms with E-state index in [1.165, 1.54) is 11.1 Å². The summed E-state index contributed by atoms with van der Waals surface area (Å²) >= 11 is 0. The maximum atomic E-state index is 9.26. The Morgan fingerprint density at radius 1 is 1.10 bits per heavy atom. The zero-order valence-electron chi connectivity index (χ0n) is 13.2. The quantitative estimate of drug-likeness (QED) is 0.888. The first-order valence-electron chi connectivity index (χ1n) is 7.40. The SMILES string of the molecule is CC(C)(C)n1cc(CN(CCO)Cc2ccccc2)cn1. The third kappa shape index (κ3) is 4.69. The number of benzene rings is 1. The topological polar surface area (TPSA) is 41.3 Å². The monoisotopic (exact) mass is 287 g/mol. The molecule has 0 bridgehead atoms. The standard InChI is InChI=1S/C17H25N3O/c1-17(2,3)20-14-16(11-18-20)13-19(9-10-21)12-15-7-5-4-6-8-15/h4-8,11,14,21H,9-10,12-13H2,1-3H3. The Bertz CT molecular complexity index is 543. The minimum atomic E-state index is -0.000507. The van der Waals surface area contributed by atoms with Crippen LogP contribution in [0.5, 0.6) is 0 Å².